The Morgan fingerprint density at radius 2 is 1.71 bits per heavy atom. The number of ether oxygens (including phenoxy) is 1. The van der Waals surface area contributed by atoms with Crippen LogP contribution in [0.4, 0.5) is 0 Å². The fourth-order valence-electron chi connectivity index (χ4n) is 1.82. The van der Waals surface area contributed by atoms with E-state index in [-0.39, 0.29) is 0 Å². The first-order valence-electron chi connectivity index (χ1n) is 5.16. The molecule has 0 bridgehead atoms. The van der Waals surface area contributed by atoms with Gasteiger partial charge in [0.25, 0.3) is 0 Å². The maximum Gasteiger partial charge on any atom is 0.145 e. The van der Waals surface area contributed by atoms with Gasteiger partial charge in [-0.2, -0.15) is 0 Å². The van der Waals surface area contributed by atoms with Gasteiger partial charge in [0.2, 0.25) is 0 Å². The summed E-state index contributed by atoms with van der Waals surface area (Å²) in [4.78, 5) is 0. The second-order valence-electron chi connectivity index (χ2n) is 4.17. The van der Waals surface area contributed by atoms with Crippen LogP contribution >= 0.6 is 0 Å². The van der Waals surface area contributed by atoms with Crippen LogP contribution in [0.1, 0.15) is 0 Å². The van der Waals surface area contributed by atoms with Crippen molar-refractivity contribution >= 4 is 0 Å². The maximum atomic E-state index is 9.87. The van der Waals surface area contributed by atoms with Gasteiger partial charge >= 0.3 is 0 Å². The molecule has 1 fully saturated rings. The van der Waals surface area contributed by atoms with Gasteiger partial charge in [-0.15, -0.1) is 0 Å². The number of aliphatic hydroxyl groups is 7. The molecule has 0 spiro atoms. The summed E-state index contributed by atoms with van der Waals surface area (Å²) in [6, 6.07) is 0. The van der Waals surface area contributed by atoms with Crippen LogP contribution < -0.4 is 0 Å². The SMILES string of the molecule is OC[C@H](O)CO[C@H]1[C@@H](O)[C@@H](O)[C@@H](O)[C@@]1(O)CO. The van der Waals surface area contributed by atoms with Crippen molar-refractivity contribution in [3.8, 4) is 0 Å². The van der Waals surface area contributed by atoms with E-state index >= 15 is 0 Å². The summed E-state index contributed by atoms with van der Waals surface area (Å²) in [7, 11) is 0. The monoisotopic (exact) mass is 254 g/mol. The number of hydrogen-bond donors (Lipinski definition) is 7. The predicted molar refractivity (Wildman–Crippen MR) is 52.9 cm³/mol. The third kappa shape index (κ3) is 2.59. The van der Waals surface area contributed by atoms with Crippen LogP contribution in [-0.4, -0.2) is 91.7 Å². The second-order valence-corrected chi connectivity index (χ2v) is 4.17. The molecule has 7 N–H and O–H groups in total. The average Bonchev–Trinajstić information content (AvgIpc) is 2.50. The van der Waals surface area contributed by atoms with E-state index in [0.717, 1.165) is 0 Å². The molecule has 102 valence electrons. The van der Waals surface area contributed by atoms with Crippen molar-refractivity contribution in [3.63, 3.8) is 0 Å². The van der Waals surface area contributed by atoms with E-state index in [0.29, 0.717) is 0 Å². The molecule has 1 saturated carbocycles. The largest absolute Gasteiger partial charge is 0.394 e. The topological polar surface area (TPSA) is 151 Å². The predicted octanol–water partition coefficient (Wildman–Crippen LogP) is -4.46. The summed E-state index contributed by atoms with van der Waals surface area (Å²) in [6.45, 7) is -1.92. The van der Waals surface area contributed by atoms with Gasteiger partial charge in [-0.25, -0.2) is 0 Å². The molecule has 0 amide bonds. The lowest BCUT2D eigenvalue weighted by Gasteiger charge is -2.31. The summed E-state index contributed by atoms with van der Waals surface area (Å²) in [6.07, 6.45) is -7.71. The van der Waals surface area contributed by atoms with Gasteiger partial charge < -0.3 is 40.5 Å². The van der Waals surface area contributed by atoms with Crippen LogP contribution in [-0.2, 0) is 4.74 Å². The zero-order valence-electron chi connectivity index (χ0n) is 9.05. The summed E-state index contributed by atoms with van der Waals surface area (Å²) >= 11 is 0. The zero-order valence-corrected chi connectivity index (χ0v) is 9.05. The zero-order chi connectivity index (χ0) is 13.2. The molecule has 8 nitrogen and oxygen atoms in total. The van der Waals surface area contributed by atoms with Crippen LogP contribution in [0.5, 0.6) is 0 Å². The van der Waals surface area contributed by atoms with Crippen LogP contribution in [0, 0.1) is 0 Å². The molecule has 8 heteroatoms. The molecule has 0 unspecified atom stereocenters. The quantitative estimate of drug-likeness (QED) is 0.259. The normalized spacial score (nSPS) is 43.9. The molecule has 0 aromatic heterocycles. The van der Waals surface area contributed by atoms with Crippen LogP contribution in [0.25, 0.3) is 0 Å². The molecule has 17 heavy (non-hydrogen) atoms. The van der Waals surface area contributed by atoms with Gasteiger partial charge in [0.15, 0.2) is 0 Å². The molecule has 1 rings (SSSR count). The standard InChI is InChI=1S/C9H18O8/c10-1-4(12)2-17-8-6(14)5(13)7(15)9(8,16)3-11/h4-8,10-16H,1-3H2/t4-,5+,6-,7+,8-,9-/m0/s1. The van der Waals surface area contributed by atoms with Crippen molar-refractivity contribution in [2.45, 2.75) is 36.1 Å². The van der Waals surface area contributed by atoms with Crippen molar-refractivity contribution in [2.75, 3.05) is 19.8 Å². The first kappa shape index (κ1) is 14.7. The Labute approximate surface area is 97.3 Å². The minimum absolute atomic E-state index is 0.417. The lowest BCUT2D eigenvalue weighted by atomic mass is 9.98. The van der Waals surface area contributed by atoms with Crippen molar-refractivity contribution in [2.24, 2.45) is 0 Å². The molecule has 0 aromatic rings. The van der Waals surface area contributed by atoms with Crippen LogP contribution in [0.15, 0.2) is 0 Å². The second kappa shape index (κ2) is 5.55. The Morgan fingerprint density at radius 1 is 1.12 bits per heavy atom. The smallest absolute Gasteiger partial charge is 0.145 e. The first-order chi connectivity index (χ1) is 7.88. The molecule has 6 atom stereocenters. The summed E-state index contributed by atoms with van der Waals surface area (Å²) < 4.78 is 4.93. The van der Waals surface area contributed by atoms with Gasteiger partial charge in [0.05, 0.1) is 19.8 Å². The third-order valence-corrected chi connectivity index (χ3v) is 2.92. The molecule has 0 saturated heterocycles. The Bertz CT molecular complexity index is 249. The van der Waals surface area contributed by atoms with E-state index in [9.17, 15) is 20.4 Å². The lowest BCUT2D eigenvalue weighted by molar-refractivity contribution is -0.178. The Balaban J connectivity index is 2.73. The number of hydrogen-bond acceptors (Lipinski definition) is 8. The number of rotatable bonds is 5. The van der Waals surface area contributed by atoms with Crippen molar-refractivity contribution in [1.82, 2.24) is 0 Å². The molecule has 0 heterocycles. The summed E-state index contributed by atoms with van der Waals surface area (Å²) in [5.74, 6) is 0. The van der Waals surface area contributed by atoms with E-state index in [2.05, 4.69) is 0 Å². The van der Waals surface area contributed by atoms with E-state index in [4.69, 9.17) is 20.1 Å². The molecule has 0 aliphatic heterocycles. The number of aliphatic hydroxyl groups excluding tert-OH is 6. The summed E-state index contributed by atoms with van der Waals surface area (Å²) in [5, 5.41) is 64.8. The van der Waals surface area contributed by atoms with Gasteiger partial charge in [0.1, 0.15) is 36.1 Å². The molecule has 0 aromatic carbocycles. The third-order valence-electron chi connectivity index (χ3n) is 2.92. The summed E-state index contributed by atoms with van der Waals surface area (Å²) in [5.41, 5.74) is -2.21. The van der Waals surface area contributed by atoms with E-state index in [1.165, 1.54) is 0 Å². The highest BCUT2D eigenvalue weighted by Crippen LogP contribution is 2.33. The van der Waals surface area contributed by atoms with Crippen LogP contribution in [0.3, 0.4) is 0 Å². The molecule has 1 aliphatic carbocycles. The van der Waals surface area contributed by atoms with Gasteiger partial charge in [-0.05, 0) is 0 Å². The highest BCUT2D eigenvalue weighted by atomic mass is 16.5. The highest BCUT2D eigenvalue weighted by molar-refractivity contribution is 5.10. The van der Waals surface area contributed by atoms with Crippen LogP contribution in [0.2, 0.25) is 0 Å². The average molecular weight is 254 g/mol. The Kier molecular flexibility index (Phi) is 4.81. The van der Waals surface area contributed by atoms with Crippen molar-refractivity contribution in [1.29, 1.82) is 0 Å². The first-order valence-corrected chi connectivity index (χ1v) is 5.16. The lowest BCUT2D eigenvalue weighted by Crippen LogP contribution is -2.53. The Morgan fingerprint density at radius 3 is 2.18 bits per heavy atom. The fourth-order valence-corrected chi connectivity index (χ4v) is 1.82. The van der Waals surface area contributed by atoms with Gasteiger partial charge in [0, 0.05) is 0 Å². The molecule has 1 aliphatic rings. The van der Waals surface area contributed by atoms with Crippen molar-refractivity contribution in [3.05, 3.63) is 0 Å². The van der Waals surface area contributed by atoms with E-state index < -0.39 is 55.9 Å². The van der Waals surface area contributed by atoms with Gasteiger partial charge in [-0.1, -0.05) is 0 Å². The maximum absolute atomic E-state index is 9.87. The minimum atomic E-state index is -2.21. The Hall–Kier alpha value is -0.320. The molecule has 0 radical (unpaired) electrons. The van der Waals surface area contributed by atoms with Crippen molar-refractivity contribution < 1.29 is 40.5 Å². The highest BCUT2D eigenvalue weighted by Gasteiger charge is 2.59. The van der Waals surface area contributed by atoms with E-state index in [1.807, 2.05) is 0 Å². The fraction of sp³-hybridized carbons (Fsp3) is 1.00. The molecular weight excluding hydrogens is 236 g/mol. The minimum Gasteiger partial charge on any atom is -0.394 e. The molecular formula is C9H18O8. The van der Waals surface area contributed by atoms with Gasteiger partial charge in [-0.3, -0.25) is 0 Å². The van der Waals surface area contributed by atoms with E-state index in [1.54, 1.807) is 0 Å².